The average molecular weight is 283 g/mol. The van der Waals surface area contributed by atoms with Gasteiger partial charge in [-0.3, -0.25) is 0 Å². The van der Waals surface area contributed by atoms with Crippen molar-refractivity contribution in [2.45, 2.75) is 0 Å². The standard InChI is InChI=1S/C15H10FN3O2/c16-10-6-7-12(13(8-10)15(20)21)14-9-17-18-19(14)11-4-2-1-3-5-11/h1-9H,(H,20,21). The van der Waals surface area contributed by atoms with Crippen molar-refractivity contribution in [2.75, 3.05) is 0 Å². The van der Waals surface area contributed by atoms with Crippen molar-refractivity contribution in [3.05, 3.63) is 66.1 Å². The number of hydrogen-bond acceptors (Lipinski definition) is 3. The maximum Gasteiger partial charge on any atom is 0.336 e. The summed E-state index contributed by atoms with van der Waals surface area (Å²) in [6.07, 6.45) is 1.45. The van der Waals surface area contributed by atoms with Crippen molar-refractivity contribution in [3.8, 4) is 16.9 Å². The van der Waals surface area contributed by atoms with Gasteiger partial charge < -0.3 is 5.11 Å². The summed E-state index contributed by atoms with van der Waals surface area (Å²) < 4.78 is 14.8. The van der Waals surface area contributed by atoms with Crippen LogP contribution in [0.15, 0.2) is 54.7 Å². The number of rotatable bonds is 3. The maximum absolute atomic E-state index is 13.3. The van der Waals surface area contributed by atoms with Crippen LogP contribution in [0, 0.1) is 5.82 Å². The third kappa shape index (κ3) is 2.38. The highest BCUT2D eigenvalue weighted by atomic mass is 19.1. The van der Waals surface area contributed by atoms with Gasteiger partial charge in [-0.1, -0.05) is 23.4 Å². The smallest absolute Gasteiger partial charge is 0.336 e. The number of carbonyl (C=O) groups is 1. The number of para-hydroxylation sites is 1. The molecule has 1 heterocycles. The molecule has 2 aromatic carbocycles. The summed E-state index contributed by atoms with van der Waals surface area (Å²) in [5, 5.41) is 17.0. The Morgan fingerprint density at radius 1 is 1.14 bits per heavy atom. The molecule has 3 rings (SSSR count). The Balaban J connectivity index is 2.20. The molecule has 0 spiro atoms. The minimum Gasteiger partial charge on any atom is -0.478 e. The van der Waals surface area contributed by atoms with Crippen molar-refractivity contribution in [1.29, 1.82) is 0 Å². The number of aromatic carboxylic acids is 1. The van der Waals surface area contributed by atoms with Gasteiger partial charge in [0.1, 0.15) is 5.82 Å². The zero-order valence-corrected chi connectivity index (χ0v) is 10.8. The lowest BCUT2D eigenvalue weighted by Crippen LogP contribution is -2.04. The third-order valence-electron chi connectivity index (χ3n) is 3.04. The van der Waals surface area contributed by atoms with Gasteiger partial charge in [-0.15, -0.1) is 5.10 Å². The molecule has 21 heavy (non-hydrogen) atoms. The highest BCUT2D eigenvalue weighted by Crippen LogP contribution is 2.26. The van der Waals surface area contributed by atoms with Crippen LogP contribution in [-0.4, -0.2) is 26.1 Å². The average Bonchev–Trinajstić information content (AvgIpc) is 2.97. The van der Waals surface area contributed by atoms with Crippen LogP contribution < -0.4 is 0 Å². The van der Waals surface area contributed by atoms with Crippen LogP contribution in [0.5, 0.6) is 0 Å². The molecule has 0 saturated heterocycles. The molecule has 0 fully saturated rings. The first-order chi connectivity index (χ1) is 10.2. The Labute approximate surface area is 119 Å². The summed E-state index contributed by atoms with van der Waals surface area (Å²) in [4.78, 5) is 11.3. The van der Waals surface area contributed by atoms with Crippen molar-refractivity contribution in [1.82, 2.24) is 15.0 Å². The number of benzene rings is 2. The number of carboxylic acid groups (broad SMARTS) is 1. The van der Waals surface area contributed by atoms with E-state index in [0.717, 1.165) is 11.8 Å². The second-order valence-corrected chi connectivity index (χ2v) is 4.36. The lowest BCUT2D eigenvalue weighted by atomic mass is 10.0. The summed E-state index contributed by atoms with van der Waals surface area (Å²) in [5.41, 5.74) is 1.46. The predicted octanol–water partition coefficient (Wildman–Crippen LogP) is 2.77. The molecule has 0 unspecified atom stereocenters. The topological polar surface area (TPSA) is 68.0 Å². The monoisotopic (exact) mass is 283 g/mol. The fourth-order valence-electron chi connectivity index (χ4n) is 2.10. The summed E-state index contributed by atoms with van der Waals surface area (Å²) in [6, 6.07) is 12.8. The maximum atomic E-state index is 13.3. The number of hydrogen-bond donors (Lipinski definition) is 1. The largest absolute Gasteiger partial charge is 0.478 e. The molecular weight excluding hydrogens is 273 g/mol. The Hall–Kier alpha value is -3.02. The quantitative estimate of drug-likeness (QED) is 0.802. The van der Waals surface area contributed by atoms with Crippen LogP contribution in [0.4, 0.5) is 4.39 Å². The first kappa shape index (κ1) is 13.0. The molecule has 0 bridgehead atoms. The highest BCUT2D eigenvalue weighted by molar-refractivity contribution is 5.95. The lowest BCUT2D eigenvalue weighted by Gasteiger charge is -2.08. The van der Waals surface area contributed by atoms with E-state index in [9.17, 15) is 14.3 Å². The van der Waals surface area contributed by atoms with E-state index in [2.05, 4.69) is 10.3 Å². The molecular formula is C15H10FN3O2. The molecule has 0 aliphatic carbocycles. The van der Waals surface area contributed by atoms with Gasteiger partial charge in [0.25, 0.3) is 0 Å². The molecule has 6 heteroatoms. The van der Waals surface area contributed by atoms with Gasteiger partial charge in [0.2, 0.25) is 0 Å². The first-order valence-corrected chi connectivity index (χ1v) is 6.16. The molecule has 104 valence electrons. The highest BCUT2D eigenvalue weighted by Gasteiger charge is 2.17. The van der Waals surface area contributed by atoms with Gasteiger partial charge in [0, 0.05) is 5.56 Å². The SMILES string of the molecule is O=C(O)c1cc(F)ccc1-c1cnnn1-c1ccccc1. The van der Waals surface area contributed by atoms with E-state index in [-0.39, 0.29) is 5.56 Å². The fourth-order valence-corrected chi connectivity index (χ4v) is 2.10. The fraction of sp³-hybridized carbons (Fsp3) is 0. The van der Waals surface area contributed by atoms with Crippen molar-refractivity contribution < 1.29 is 14.3 Å². The van der Waals surface area contributed by atoms with Crippen LogP contribution in [0.25, 0.3) is 16.9 Å². The number of carboxylic acids is 1. The van der Waals surface area contributed by atoms with E-state index < -0.39 is 11.8 Å². The molecule has 0 aliphatic heterocycles. The van der Waals surface area contributed by atoms with Crippen molar-refractivity contribution in [2.24, 2.45) is 0 Å². The molecule has 0 aliphatic rings. The van der Waals surface area contributed by atoms with Crippen LogP contribution in [-0.2, 0) is 0 Å². The Kier molecular flexibility index (Phi) is 3.19. The number of aromatic nitrogens is 3. The van der Waals surface area contributed by atoms with Gasteiger partial charge >= 0.3 is 5.97 Å². The van der Waals surface area contributed by atoms with E-state index >= 15 is 0 Å². The molecule has 1 aromatic heterocycles. The Morgan fingerprint density at radius 3 is 2.62 bits per heavy atom. The van der Waals surface area contributed by atoms with Gasteiger partial charge in [-0.2, -0.15) is 0 Å². The molecule has 0 atom stereocenters. The van der Waals surface area contributed by atoms with Gasteiger partial charge in [-0.25, -0.2) is 13.9 Å². The molecule has 5 nitrogen and oxygen atoms in total. The van der Waals surface area contributed by atoms with Crippen molar-refractivity contribution in [3.63, 3.8) is 0 Å². The van der Waals surface area contributed by atoms with E-state index in [0.29, 0.717) is 11.3 Å². The Bertz CT molecular complexity index is 800. The van der Waals surface area contributed by atoms with Crippen LogP contribution >= 0.6 is 0 Å². The number of halogens is 1. The van der Waals surface area contributed by atoms with Crippen LogP contribution in [0.3, 0.4) is 0 Å². The van der Waals surface area contributed by atoms with Crippen LogP contribution in [0.2, 0.25) is 0 Å². The molecule has 1 N–H and O–H groups in total. The van der Waals surface area contributed by atoms with Crippen molar-refractivity contribution >= 4 is 5.97 Å². The summed E-state index contributed by atoms with van der Waals surface area (Å²) in [5.74, 6) is -1.81. The zero-order chi connectivity index (χ0) is 14.8. The van der Waals surface area contributed by atoms with E-state index in [1.807, 2.05) is 30.3 Å². The minimum atomic E-state index is -1.20. The van der Waals surface area contributed by atoms with Gasteiger partial charge in [0.15, 0.2) is 0 Å². The number of nitrogens with zero attached hydrogens (tertiary/aromatic N) is 3. The second-order valence-electron chi connectivity index (χ2n) is 4.36. The van der Waals surface area contributed by atoms with Crippen LogP contribution in [0.1, 0.15) is 10.4 Å². The predicted molar refractivity (Wildman–Crippen MR) is 73.7 cm³/mol. The Morgan fingerprint density at radius 2 is 1.90 bits per heavy atom. The summed E-state index contributed by atoms with van der Waals surface area (Å²) in [7, 11) is 0. The summed E-state index contributed by atoms with van der Waals surface area (Å²) in [6.45, 7) is 0. The molecule has 0 saturated carbocycles. The minimum absolute atomic E-state index is 0.130. The summed E-state index contributed by atoms with van der Waals surface area (Å²) >= 11 is 0. The zero-order valence-electron chi connectivity index (χ0n) is 10.8. The van der Waals surface area contributed by atoms with E-state index in [1.54, 1.807) is 0 Å². The van der Waals surface area contributed by atoms with Gasteiger partial charge in [-0.05, 0) is 30.3 Å². The van der Waals surface area contributed by atoms with Gasteiger partial charge in [0.05, 0.1) is 23.1 Å². The second kappa shape index (κ2) is 5.16. The first-order valence-electron chi connectivity index (χ1n) is 6.16. The lowest BCUT2D eigenvalue weighted by molar-refractivity contribution is 0.0697. The molecule has 3 aromatic rings. The third-order valence-corrected chi connectivity index (χ3v) is 3.04. The van der Waals surface area contributed by atoms with E-state index in [1.165, 1.54) is 23.0 Å². The molecule has 0 amide bonds. The normalized spacial score (nSPS) is 10.5. The van der Waals surface area contributed by atoms with E-state index in [4.69, 9.17) is 0 Å². The molecule has 0 radical (unpaired) electrons.